The monoisotopic (exact) mass is 244 g/mol. The predicted octanol–water partition coefficient (Wildman–Crippen LogP) is 2.88. The van der Waals surface area contributed by atoms with Gasteiger partial charge < -0.3 is 10.2 Å². The molecule has 0 atom stereocenters. The van der Waals surface area contributed by atoms with Crippen LogP contribution in [0.1, 0.15) is 30.6 Å². The van der Waals surface area contributed by atoms with Crippen LogP contribution in [0.25, 0.3) is 11.0 Å². The molecule has 2 aromatic rings. The van der Waals surface area contributed by atoms with Crippen molar-refractivity contribution in [2.24, 2.45) is 5.73 Å². The third kappa shape index (κ3) is 2.16. The number of furan rings is 1. The van der Waals surface area contributed by atoms with Gasteiger partial charge in [0.2, 0.25) is 0 Å². The zero-order valence-electron chi connectivity index (χ0n) is 10.7. The number of rotatable bonds is 3. The molecule has 0 saturated carbocycles. The number of hydrogen-bond acceptors (Lipinski definition) is 3. The first-order valence-electron chi connectivity index (χ1n) is 6.80. The number of benzene rings is 1. The van der Waals surface area contributed by atoms with Gasteiger partial charge in [0, 0.05) is 17.5 Å². The van der Waals surface area contributed by atoms with E-state index in [2.05, 4.69) is 11.0 Å². The average molecular weight is 244 g/mol. The summed E-state index contributed by atoms with van der Waals surface area (Å²) in [5.41, 5.74) is 8.03. The maximum absolute atomic E-state index is 5.97. The molecular formula is C15H20N2O. The summed E-state index contributed by atoms with van der Waals surface area (Å²) in [7, 11) is 0. The zero-order valence-corrected chi connectivity index (χ0v) is 10.7. The Morgan fingerprint density at radius 2 is 1.89 bits per heavy atom. The second-order valence-corrected chi connectivity index (χ2v) is 5.04. The summed E-state index contributed by atoms with van der Waals surface area (Å²) in [6.07, 6.45) is 3.97. The Morgan fingerprint density at radius 3 is 2.67 bits per heavy atom. The minimum absolute atomic E-state index is 0.556. The second-order valence-electron chi connectivity index (χ2n) is 5.04. The molecule has 2 N–H and O–H groups in total. The predicted molar refractivity (Wildman–Crippen MR) is 73.2 cm³/mol. The molecule has 1 saturated heterocycles. The van der Waals surface area contributed by atoms with Crippen LogP contribution >= 0.6 is 0 Å². The summed E-state index contributed by atoms with van der Waals surface area (Å²) in [4.78, 5) is 2.47. The highest BCUT2D eigenvalue weighted by Gasteiger charge is 2.17. The fraction of sp³-hybridized carbons (Fsp3) is 0.467. The number of likely N-dealkylation sites (tertiary alicyclic amines) is 1. The van der Waals surface area contributed by atoms with Crippen molar-refractivity contribution in [1.29, 1.82) is 0 Å². The molecule has 3 rings (SSSR count). The largest absolute Gasteiger partial charge is 0.459 e. The Hall–Kier alpha value is -1.32. The first-order chi connectivity index (χ1) is 8.88. The molecule has 3 heteroatoms. The first-order valence-corrected chi connectivity index (χ1v) is 6.80. The molecule has 0 spiro atoms. The number of hydrogen-bond donors (Lipinski definition) is 1. The maximum Gasteiger partial charge on any atom is 0.134 e. The number of para-hydroxylation sites is 1. The average Bonchev–Trinajstić information content (AvgIpc) is 2.77. The van der Waals surface area contributed by atoms with Crippen LogP contribution in [0.3, 0.4) is 0 Å². The molecule has 0 unspecified atom stereocenters. The van der Waals surface area contributed by atoms with E-state index in [0.29, 0.717) is 6.54 Å². The Bertz CT molecular complexity index is 526. The van der Waals surface area contributed by atoms with Crippen LogP contribution in [0, 0.1) is 0 Å². The molecule has 0 aliphatic carbocycles. The third-order valence-electron chi connectivity index (χ3n) is 3.80. The summed E-state index contributed by atoms with van der Waals surface area (Å²) < 4.78 is 5.97. The quantitative estimate of drug-likeness (QED) is 0.902. The van der Waals surface area contributed by atoms with E-state index in [1.54, 1.807) is 0 Å². The van der Waals surface area contributed by atoms with Gasteiger partial charge in [0.1, 0.15) is 11.3 Å². The van der Waals surface area contributed by atoms with Crippen molar-refractivity contribution in [1.82, 2.24) is 4.90 Å². The molecular weight excluding hydrogens is 224 g/mol. The van der Waals surface area contributed by atoms with Crippen LogP contribution in [0.2, 0.25) is 0 Å². The minimum atomic E-state index is 0.556. The summed E-state index contributed by atoms with van der Waals surface area (Å²) in [6.45, 7) is 3.82. The molecule has 0 bridgehead atoms. The number of piperidine rings is 1. The lowest BCUT2D eigenvalue weighted by molar-refractivity contribution is 0.206. The highest BCUT2D eigenvalue weighted by molar-refractivity contribution is 5.82. The lowest BCUT2D eigenvalue weighted by Gasteiger charge is -2.25. The van der Waals surface area contributed by atoms with Gasteiger partial charge in [-0.3, -0.25) is 4.90 Å². The van der Waals surface area contributed by atoms with E-state index in [-0.39, 0.29) is 0 Å². The molecule has 2 heterocycles. The minimum Gasteiger partial charge on any atom is -0.459 e. The van der Waals surface area contributed by atoms with Crippen LogP contribution < -0.4 is 5.73 Å². The topological polar surface area (TPSA) is 42.4 Å². The molecule has 1 aliphatic heterocycles. The van der Waals surface area contributed by atoms with E-state index in [1.807, 2.05) is 18.2 Å². The van der Waals surface area contributed by atoms with Crippen LogP contribution in [0.5, 0.6) is 0 Å². The van der Waals surface area contributed by atoms with Crippen molar-refractivity contribution < 1.29 is 4.42 Å². The fourth-order valence-corrected chi connectivity index (χ4v) is 2.82. The van der Waals surface area contributed by atoms with Gasteiger partial charge in [-0.2, -0.15) is 0 Å². The van der Waals surface area contributed by atoms with Gasteiger partial charge >= 0.3 is 0 Å². The molecule has 1 aromatic carbocycles. The Balaban J connectivity index is 1.90. The fourth-order valence-electron chi connectivity index (χ4n) is 2.82. The number of nitrogens with zero attached hydrogens (tertiary/aromatic N) is 1. The van der Waals surface area contributed by atoms with Gasteiger partial charge in [-0.1, -0.05) is 24.6 Å². The van der Waals surface area contributed by atoms with Crippen LogP contribution in [0.4, 0.5) is 0 Å². The summed E-state index contributed by atoms with van der Waals surface area (Å²) in [5, 5.41) is 1.17. The summed E-state index contributed by atoms with van der Waals surface area (Å²) in [5.74, 6) is 1.06. The first kappa shape index (κ1) is 11.8. The SMILES string of the molecule is NCc1c(CN2CCCCC2)oc2ccccc12. The summed E-state index contributed by atoms with van der Waals surface area (Å²) in [6, 6.07) is 8.17. The van der Waals surface area contributed by atoms with Gasteiger partial charge in [0.15, 0.2) is 0 Å². The lowest BCUT2D eigenvalue weighted by atomic mass is 10.1. The van der Waals surface area contributed by atoms with E-state index >= 15 is 0 Å². The zero-order chi connectivity index (χ0) is 12.4. The van der Waals surface area contributed by atoms with Gasteiger partial charge in [-0.25, -0.2) is 0 Å². The van der Waals surface area contributed by atoms with Gasteiger partial charge in [0.25, 0.3) is 0 Å². The molecule has 1 fully saturated rings. The van der Waals surface area contributed by atoms with Crippen molar-refractivity contribution in [3.05, 3.63) is 35.6 Å². The van der Waals surface area contributed by atoms with E-state index in [4.69, 9.17) is 10.2 Å². The van der Waals surface area contributed by atoms with Crippen molar-refractivity contribution in [3.8, 4) is 0 Å². The van der Waals surface area contributed by atoms with Crippen molar-refractivity contribution in [2.45, 2.75) is 32.4 Å². The number of fused-ring (bicyclic) bond motifs is 1. The van der Waals surface area contributed by atoms with E-state index in [9.17, 15) is 0 Å². The highest BCUT2D eigenvalue weighted by Crippen LogP contribution is 2.27. The molecule has 18 heavy (non-hydrogen) atoms. The third-order valence-corrected chi connectivity index (χ3v) is 3.80. The van der Waals surface area contributed by atoms with Gasteiger partial charge in [-0.15, -0.1) is 0 Å². The highest BCUT2D eigenvalue weighted by atomic mass is 16.3. The van der Waals surface area contributed by atoms with Gasteiger partial charge in [0.05, 0.1) is 6.54 Å². The van der Waals surface area contributed by atoms with E-state index in [0.717, 1.165) is 17.9 Å². The van der Waals surface area contributed by atoms with Gasteiger partial charge in [-0.05, 0) is 32.0 Å². The molecule has 96 valence electrons. The standard InChI is InChI=1S/C15H20N2O/c16-10-13-12-6-2-3-7-14(12)18-15(13)11-17-8-4-1-5-9-17/h2-3,6-7H,1,4-5,8-11,16H2. The Labute approximate surface area is 108 Å². The van der Waals surface area contributed by atoms with Crippen LogP contribution in [-0.4, -0.2) is 18.0 Å². The normalized spacial score (nSPS) is 17.4. The molecule has 1 aromatic heterocycles. The maximum atomic E-state index is 5.97. The number of nitrogens with two attached hydrogens (primary N) is 1. The van der Waals surface area contributed by atoms with Crippen molar-refractivity contribution in [3.63, 3.8) is 0 Å². The van der Waals surface area contributed by atoms with E-state index in [1.165, 1.54) is 43.3 Å². The molecule has 3 nitrogen and oxygen atoms in total. The Morgan fingerprint density at radius 1 is 1.11 bits per heavy atom. The van der Waals surface area contributed by atoms with Crippen molar-refractivity contribution in [2.75, 3.05) is 13.1 Å². The molecule has 1 aliphatic rings. The Kier molecular flexibility index (Phi) is 3.35. The summed E-state index contributed by atoms with van der Waals surface area (Å²) >= 11 is 0. The van der Waals surface area contributed by atoms with Crippen molar-refractivity contribution >= 4 is 11.0 Å². The smallest absolute Gasteiger partial charge is 0.134 e. The lowest BCUT2D eigenvalue weighted by Crippen LogP contribution is -2.29. The molecule has 0 radical (unpaired) electrons. The second kappa shape index (κ2) is 5.12. The van der Waals surface area contributed by atoms with Crippen LogP contribution in [0.15, 0.2) is 28.7 Å². The van der Waals surface area contributed by atoms with Crippen LogP contribution in [-0.2, 0) is 13.1 Å². The van der Waals surface area contributed by atoms with E-state index < -0.39 is 0 Å². The molecule has 0 amide bonds.